The standard InChI is InChI=1S/C15H23NO4/c1-15(2,3)20-10-14(17)16-9-11-6-7-12(18-4)8-13(11)19-5/h6-8H,9-10H2,1-5H3,(H,16,17). The van der Waals surface area contributed by atoms with Crippen molar-refractivity contribution in [3.63, 3.8) is 0 Å². The van der Waals surface area contributed by atoms with Gasteiger partial charge in [0.15, 0.2) is 0 Å². The molecule has 1 N–H and O–H groups in total. The Morgan fingerprint density at radius 1 is 1.20 bits per heavy atom. The van der Waals surface area contributed by atoms with Crippen LogP contribution in [0.3, 0.4) is 0 Å². The molecule has 0 aliphatic rings. The van der Waals surface area contributed by atoms with E-state index in [9.17, 15) is 4.79 Å². The third-order valence-corrected chi connectivity index (χ3v) is 2.61. The van der Waals surface area contributed by atoms with Gasteiger partial charge in [-0.3, -0.25) is 4.79 Å². The van der Waals surface area contributed by atoms with E-state index in [0.29, 0.717) is 18.0 Å². The van der Waals surface area contributed by atoms with Gasteiger partial charge in [-0.15, -0.1) is 0 Å². The summed E-state index contributed by atoms with van der Waals surface area (Å²) in [4.78, 5) is 11.7. The van der Waals surface area contributed by atoms with Crippen LogP contribution in [0.2, 0.25) is 0 Å². The molecule has 5 nitrogen and oxygen atoms in total. The normalized spacial score (nSPS) is 11.1. The first-order valence-corrected chi connectivity index (χ1v) is 6.47. The van der Waals surface area contributed by atoms with E-state index in [1.807, 2.05) is 32.9 Å². The number of methoxy groups -OCH3 is 2. The van der Waals surface area contributed by atoms with Crippen LogP contribution in [0.1, 0.15) is 26.3 Å². The van der Waals surface area contributed by atoms with Crippen molar-refractivity contribution in [1.29, 1.82) is 0 Å². The second kappa shape index (κ2) is 7.14. The lowest BCUT2D eigenvalue weighted by molar-refractivity contribution is -0.130. The summed E-state index contributed by atoms with van der Waals surface area (Å²) >= 11 is 0. The number of nitrogens with one attached hydrogen (secondary N) is 1. The van der Waals surface area contributed by atoms with E-state index in [4.69, 9.17) is 14.2 Å². The summed E-state index contributed by atoms with van der Waals surface area (Å²) < 4.78 is 15.8. The number of ether oxygens (including phenoxy) is 3. The molecule has 0 aliphatic heterocycles. The molecular weight excluding hydrogens is 258 g/mol. The van der Waals surface area contributed by atoms with Gasteiger partial charge in [0.25, 0.3) is 0 Å². The first kappa shape index (κ1) is 16.3. The van der Waals surface area contributed by atoms with Crippen molar-refractivity contribution in [2.24, 2.45) is 0 Å². The zero-order chi connectivity index (χ0) is 15.2. The molecule has 112 valence electrons. The molecule has 1 rings (SSSR count). The van der Waals surface area contributed by atoms with E-state index in [-0.39, 0.29) is 18.1 Å². The van der Waals surface area contributed by atoms with Crippen molar-refractivity contribution in [1.82, 2.24) is 5.32 Å². The summed E-state index contributed by atoms with van der Waals surface area (Å²) in [5.74, 6) is 1.24. The van der Waals surface area contributed by atoms with Gasteiger partial charge in [0, 0.05) is 18.2 Å². The molecule has 1 amide bonds. The summed E-state index contributed by atoms with van der Waals surface area (Å²) in [6.07, 6.45) is 0. The molecule has 1 aromatic rings. The zero-order valence-electron chi connectivity index (χ0n) is 12.8. The Morgan fingerprint density at radius 3 is 2.45 bits per heavy atom. The predicted octanol–water partition coefficient (Wildman–Crippen LogP) is 2.14. The highest BCUT2D eigenvalue weighted by Crippen LogP contribution is 2.24. The third kappa shape index (κ3) is 5.48. The van der Waals surface area contributed by atoms with Crippen LogP contribution >= 0.6 is 0 Å². The topological polar surface area (TPSA) is 56.8 Å². The predicted molar refractivity (Wildman–Crippen MR) is 77.1 cm³/mol. The van der Waals surface area contributed by atoms with E-state index in [0.717, 1.165) is 5.56 Å². The lowest BCUT2D eigenvalue weighted by Crippen LogP contribution is -2.31. The fourth-order valence-electron chi connectivity index (χ4n) is 1.52. The van der Waals surface area contributed by atoms with Gasteiger partial charge in [0.05, 0.1) is 19.8 Å². The summed E-state index contributed by atoms with van der Waals surface area (Å²) in [7, 11) is 3.18. The highest BCUT2D eigenvalue weighted by Gasteiger charge is 2.13. The van der Waals surface area contributed by atoms with Crippen molar-refractivity contribution in [3.8, 4) is 11.5 Å². The summed E-state index contributed by atoms with van der Waals surface area (Å²) in [5, 5.41) is 2.80. The second-order valence-electron chi connectivity index (χ2n) is 5.36. The number of carbonyl (C=O) groups is 1. The monoisotopic (exact) mass is 281 g/mol. The number of hydrogen-bond donors (Lipinski definition) is 1. The van der Waals surface area contributed by atoms with Crippen LogP contribution in [0.25, 0.3) is 0 Å². The molecule has 0 aliphatic carbocycles. The zero-order valence-corrected chi connectivity index (χ0v) is 12.8. The molecule has 0 aromatic heterocycles. The molecular formula is C15H23NO4. The maximum absolute atomic E-state index is 11.7. The Labute approximate surface area is 120 Å². The molecule has 0 bridgehead atoms. The summed E-state index contributed by atoms with van der Waals surface area (Å²) in [5.41, 5.74) is 0.562. The second-order valence-corrected chi connectivity index (χ2v) is 5.36. The molecule has 5 heteroatoms. The van der Waals surface area contributed by atoms with E-state index in [1.54, 1.807) is 20.3 Å². The fourth-order valence-corrected chi connectivity index (χ4v) is 1.52. The third-order valence-electron chi connectivity index (χ3n) is 2.61. The van der Waals surface area contributed by atoms with Gasteiger partial charge >= 0.3 is 0 Å². The van der Waals surface area contributed by atoms with E-state index >= 15 is 0 Å². The van der Waals surface area contributed by atoms with Gasteiger partial charge in [0.2, 0.25) is 5.91 Å². The van der Waals surface area contributed by atoms with Crippen LogP contribution < -0.4 is 14.8 Å². The van der Waals surface area contributed by atoms with Crippen molar-refractivity contribution < 1.29 is 19.0 Å². The molecule has 0 saturated carbocycles. The number of amides is 1. The van der Waals surface area contributed by atoms with Gasteiger partial charge in [-0.2, -0.15) is 0 Å². The minimum Gasteiger partial charge on any atom is -0.497 e. The number of rotatable bonds is 6. The summed E-state index contributed by atoms with van der Waals surface area (Å²) in [6, 6.07) is 5.48. The molecule has 0 atom stereocenters. The van der Waals surface area contributed by atoms with E-state index in [2.05, 4.69) is 5.32 Å². The van der Waals surface area contributed by atoms with Gasteiger partial charge in [0.1, 0.15) is 18.1 Å². The van der Waals surface area contributed by atoms with Gasteiger partial charge < -0.3 is 19.5 Å². The van der Waals surface area contributed by atoms with Crippen molar-refractivity contribution >= 4 is 5.91 Å². The minimum atomic E-state index is -0.324. The van der Waals surface area contributed by atoms with Gasteiger partial charge in [-0.1, -0.05) is 0 Å². The first-order chi connectivity index (χ1) is 9.35. The minimum absolute atomic E-state index is 0.0436. The molecule has 0 spiro atoms. The lowest BCUT2D eigenvalue weighted by atomic mass is 10.2. The Balaban J connectivity index is 2.55. The highest BCUT2D eigenvalue weighted by atomic mass is 16.5. The smallest absolute Gasteiger partial charge is 0.246 e. The van der Waals surface area contributed by atoms with Crippen molar-refractivity contribution in [3.05, 3.63) is 23.8 Å². The molecule has 0 unspecified atom stereocenters. The number of carbonyl (C=O) groups excluding carboxylic acids is 1. The molecule has 0 fully saturated rings. The van der Waals surface area contributed by atoms with Crippen molar-refractivity contribution in [2.45, 2.75) is 32.9 Å². The van der Waals surface area contributed by atoms with Crippen LogP contribution in [-0.4, -0.2) is 32.3 Å². The van der Waals surface area contributed by atoms with Gasteiger partial charge in [-0.05, 0) is 32.9 Å². The van der Waals surface area contributed by atoms with Crippen LogP contribution in [0.5, 0.6) is 11.5 Å². The van der Waals surface area contributed by atoms with Crippen molar-refractivity contribution in [2.75, 3.05) is 20.8 Å². The Kier molecular flexibility index (Phi) is 5.82. The molecule has 1 aromatic carbocycles. The molecule has 20 heavy (non-hydrogen) atoms. The SMILES string of the molecule is COc1ccc(CNC(=O)COC(C)(C)C)c(OC)c1. The highest BCUT2D eigenvalue weighted by molar-refractivity contribution is 5.77. The van der Waals surface area contributed by atoms with Gasteiger partial charge in [-0.25, -0.2) is 0 Å². The number of benzene rings is 1. The fraction of sp³-hybridized carbons (Fsp3) is 0.533. The average Bonchev–Trinajstić information content (AvgIpc) is 2.41. The van der Waals surface area contributed by atoms with E-state index in [1.165, 1.54) is 0 Å². The number of hydrogen-bond acceptors (Lipinski definition) is 4. The Morgan fingerprint density at radius 2 is 1.90 bits per heavy atom. The van der Waals surface area contributed by atoms with Crippen LogP contribution in [-0.2, 0) is 16.1 Å². The largest absolute Gasteiger partial charge is 0.497 e. The first-order valence-electron chi connectivity index (χ1n) is 6.47. The summed E-state index contributed by atoms with van der Waals surface area (Å²) in [6.45, 7) is 6.16. The lowest BCUT2D eigenvalue weighted by Gasteiger charge is -2.19. The maximum Gasteiger partial charge on any atom is 0.246 e. The quantitative estimate of drug-likeness (QED) is 0.868. The Bertz CT molecular complexity index is 452. The van der Waals surface area contributed by atoms with E-state index < -0.39 is 0 Å². The average molecular weight is 281 g/mol. The maximum atomic E-state index is 11.7. The molecule has 0 saturated heterocycles. The van der Waals surface area contributed by atoms with Crippen LogP contribution in [0, 0.1) is 0 Å². The van der Waals surface area contributed by atoms with Crippen LogP contribution in [0.4, 0.5) is 0 Å². The molecule has 0 radical (unpaired) electrons. The molecule has 0 heterocycles. The van der Waals surface area contributed by atoms with Crippen LogP contribution in [0.15, 0.2) is 18.2 Å². The Hall–Kier alpha value is -1.75.